The predicted octanol–water partition coefficient (Wildman–Crippen LogP) is 2.80. The molecule has 0 bridgehead atoms. The lowest BCUT2D eigenvalue weighted by atomic mass is 9.97. The molecule has 0 saturated carbocycles. The Balaban J connectivity index is 2.54. The fourth-order valence-electron chi connectivity index (χ4n) is 2.38. The van der Waals surface area contributed by atoms with Crippen LogP contribution >= 0.6 is 15.9 Å². The minimum atomic E-state index is 0.248. The highest BCUT2D eigenvalue weighted by atomic mass is 79.9. The summed E-state index contributed by atoms with van der Waals surface area (Å²) in [6, 6.07) is 3.77. The van der Waals surface area contributed by atoms with Gasteiger partial charge in [-0.15, -0.1) is 0 Å². The number of nitrogens with zero attached hydrogens (tertiary/aromatic N) is 1. The van der Waals surface area contributed by atoms with Crippen LogP contribution in [0.25, 0.3) is 5.57 Å². The van der Waals surface area contributed by atoms with Gasteiger partial charge in [0.2, 0.25) is 0 Å². The summed E-state index contributed by atoms with van der Waals surface area (Å²) in [7, 11) is 7.06. The number of methoxy groups -OCH3 is 3. The molecule has 0 amide bonds. The Kier molecular flexibility index (Phi) is 4.94. The number of hydrogen-bond donors (Lipinski definition) is 0. The Labute approximate surface area is 128 Å². The Hall–Kier alpha value is -1.20. The van der Waals surface area contributed by atoms with E-state index in [4.69, 9.17) is 14.2 Å². The lowest BCUT2D eigenvalue weighted by Crippen LogP contribution is -2.31. The molecule has 0 N–H and O–H groups in total. The van der Waals surface area contributed by atoms with E-state index in [-0.39, 0.29) is 4.83 Å². The zero-order valence-corrected chi connectivity index (χ0v) is 13.9. The van der Waals surface area contributed by atoms with E-state index in [2.05, 4.69) is 34.0 Å². The molecule has 1 aliphatic heterocycles. The van der Waals surface area contributed by atoms with Gasteiger partial charge in [0, 0.05) is 25.2 Å². The zero-order chi connectivity index (χ0) is 14.7. The van der Waals surface area contributed by atoms with Gasteiger partial charge in [0.1, 0.15) is 17.2 Å². The molecular weight excluding hydrogens is 322 g/mol. The number of hydrogen-bond acceptors (Lipinski definition) is 4. The van der Waals surface area contributed by atoms with Gasteiger partial charge in [-0.05, 0) is 12.6 Å². The van der Waals surface area contributed by atoms with Gasteiger partial charge in [0.05, 0.1) is 31.7 Å². The molecule has 0 radical (unpaired) electrons. The van der Waals surface area contributed by atoms with Crippen LogP contribution < -0.4 is 14.2 Å². The summed E-state index contributed by atoms with van der Waals surface area (Å²) < 4.78 is 16.3. The van der Waals surface area contributed by atoms with Crippen LogP contribution in [0.4, 0.5) is 0 Å². The fourth-order valence-corrected chi connectivity index (χ4v) is 3.29. The molecule has 0 spiro atoms. The summed E-state index contributed by atoms with van der Waals surface area (Å²) in [5.41, 5.74) is 2.19. The number of likely N-dealkylation sites (N-methyl/N-ethyl adjacent to an activating group) is 1. The lowest BCUT2D eigenvalue weighted by molar-refractivity contribution is 0.366. The number of alkyl halides is 1. The molecule has 0 saturated heterocycles. The first kappa shape index (κ1) is 15.2. The number of benzene rings is 1. The quantitative estimate of drug-likeness (QED) is 0.788. The second kappa shape index (κ2) is 6.50. The van der Waals surface area contributed by atoms with Crippen molar-refractivity contribution in [1.29, 1.82) is 0 Å². The summed E-state index contributed by atoms with van der Waals surface area (Å²) in [4.78, 5) is 2.50. The Morgan fingerprint density at radius 1 is 1.10 bits per heavy atom. The lowest BCUT2D eigenvalue weighted by Gasteiger charge is -2.28. The smallest absolute Gasteiger partial charge is 0.133 e. The second-order valence-corrected chi connectivity index (χ2v) is 5.86. The maximum atomic E-state index is 5.52. The highest BCUT2D eigenvalue weighted by Crippen LogP contribution is 2.42. The van der Waals surface area contributed by atoms with E-state index < -0.39 is 0 Å². The Bertz CT molecular complexity index is 491. The third-order valence-electron chi connectivity index (χ3n) is 3.44. The van der Waals surface area contributed by atoms with E-state index in [1.807, 2.05) is 12.1 Å². The van der Waals surface area contributed by atoms with Gasteiger partial charge in [0.15, 0.2) is 0 Å². The summed E-state index contributed by atoms with van der Waals surface area (Å²) in [6.45, 7) is 1.86. The molecule has 1 aliphatic rings. The highest BCUT2D eigenvalue weighted by molar-refractivity contribution is 9.09. The average Bonchev–Trinajstić information content (AvgIpc) is 2.46. The maximum Gasteiger partial charge on any atom is 0.133 e. The van der Waals surface area contributed by atoms with Gasteiger partial charge in [-0.3, -0.25) is 0 Å². The van der Waals surface area contributed by atoms with E-state index in [0.29, 0.717) is 0 Å². The van der Waals surface area contributed by atoms with Gasteiger partial charge in [-0.1, -0.05) is 22.0 Å². The van der Waals surface area contributed by atoms with Crippen molar-refractivity contribution in [2.24, 2.45) is 0 Å². The molecule has 0 unspecified atom stereocenters. The predicted molar refractivity (Wildman–Crippen MR) is 84.3 cm³/mol. The van der Waals surface area contributed by atoms with E-state index >= 15 is 0 Å². The normalized spacial score (nSPS) is 19.4. The Morgan fingerprint density at radius 3 is 2.15 bits per heavy atom. The Morgan fingerprint density at radius 2 is 1.70 bits per heavy atom. The van der Waals surface area contributed by atoms with Crippen LogP contribution in [0.15, 0.2) is 18.2 Å². The molecule has 1 heterocycles. The van der Waals surface area contributed by atoms with Crippen LogP contribution in [0.1, 0.15) is 5.56 Å². The van der Waals surface area contributed by atoms with Crippen molar-refractivity contribution >= 4 is 21.5 Å². The maximum absolute atomic E-state index is 5.52. The molecule has 1 aromatic carbocycles. The van der Waals surface area contributed by atoms with Crippen LogP contribution in [0.3, 0.4) is 0 Å². The van der Waals surface area contributed by atoms with Gasteiger partial charge in [-0.2, -0.15) is 0 Å². The highest BCUT2D eigenvalue weighted by Gasteiger charge is 2.25. The third kappa shape index (κ3) is 2.94. The first-order valence-corrected chi connectivity index (χ1v) is 7.35. The van der Waals surface area contributed by atoms with E-state index in [9.17, 15) is 0 Å². The van der Waals surface area contributed by atoms with E-state index in [0.717, 1.165) is 35.9 Å². The first-order valence-electron chi connectivity index (χ1n) is 6.43. The van der Waals surface area contributed by atoms with Gasteiger partial charge >= 0.3 is 0 Å². The molecule has 2 rings (SSSR count). The van der Waals surface area contributed by atoms with Crippen molar-refractivity contribution in [1.82, 2.24) is 4.90 Å². The summed E-state index contributed by atoms with van der Waals surface area (Å²) in [5, 5.41) is 0. The molecule has 20 heavy (non-hydrogen) atoms. The van der Waals surface area contributed by atoms with Crippen LogP contribution in [0.5, 0.6) is 17.2 Å². The molecule has 0 aromatic heterocycles. The molecule has 5 heteroatoms. The van der Waals surface area contributed by atoms with Crippen LogP contribution in [0, 0.1) is 0 Å². The molecule has 1 atom stereocenters. The number of halogens is 1. The molecule has 110 valence electrons. The summed E-state index contributed by atoms with van der Waals surface area (Å²) in [6.07, 6.45) is 2.20. The van der Waals surface area contributed by atoms with Crippen LogP contribution in [0.2, 0.25) is 0 Å². The summed E-state index contributed by atoms with van der Waals surface area (Å²) >= 11 is 3.74. The van der Waals surface area contributed by atoms with Crippen molar-refractivity contribution in [2.75, 3.05) is 41.5 Å². The largest absolute Gasteiger partial charge is 0.496 e. The van der Waals surface area contributed by atoms with E-state index in [1.54, 1.807) is 21.3 Å². The molecule has 0 aliphatic carbocycles. The molecule has 4 nitrogen and oxygen atoms in total. The second-order valence-electron chi connectivity index (χ2n) is 4.76. The van der Waals surface area contributed by atoms with Crippen molar-refractivity contribution in [3.63, 3.8) is 0 Å². The average molecular weight is 342 g/mol. The SMILES string of the molecule is COc1cc(OC)c(C2=CCN(C)C[C@H]2Br)c(OC)c1. The number of rotatable bonds is 4. The van der Waals surface area contributed by atoms with Crippen molar-refractivity contribution in [2.45, 2.75) is 4.83 Å². The van der Waals surface area contributed by atoms with Gasteiger partial charge in [-0.25, -0.2) is 0 Å². The topological polar surface area (TPSA) is 30.9 Å². The monoisotopic (exact) mass is 341 g/mol. The fraction of sp³-hybridized carbons (Fsp3) is 0.467. The number of ether oxygens (including phenoxy) is 3. The minimum absolute atomic E-state index is 0.248. The van der Waals surface area contributed by atoms with Crippen molar-refractivity contribution < 1.29 is 14.2 Å². The first-order chi connectivity index (χ1) is 9.60. The van der Waals surface area contributed by atoms with Gasteiger partial charge < -0.3 is 19.1 Å². The standard InChI is InChI=1S/C15H20BrNO3/c1-17-6-5-11(12(16)9-17)15-13(19-3)7-10(18-2)8-14(15)20-4/h5,7-8,12H,6,9H2,1-4H3/t12-/m1/s1. The van der Waals surface area contributed by atoms with Crippen LogP contribution in [-0.4, -0.2) is 51.2 Å². The summed E-state index contributed by atoms with van der Waals surface area (Å²) in [5.74, 6) is 2.25. The van der Waals surface area contributed by atoms with Crippen LogP contribution in [-0.2, 0) is 0 Å². The van der Waals surface area contributed by atoms with Crippen molar-refractivity contribution in [3.05, 3.63) is 23.8 Å². The van der Waals surface area contributed by atoms with Crippen molar-refractivity contribution in [3.8, 4) is 17.2 Å². The third-order valence-corrected chi connectivity index (χ3v) is 4.22. The molecular formula is C15H20BrNO3. The zero-order valence-electron chi connectivity index (χ0n) is 12.3. The van der Waals surface area contributed by atoms with E-state index in [1.165, 1.54) is 5.57 Å². The minimum Gasteiger partial charge on any atom is -0.496 e. The van der Waals surface area contributed by atoms with Gasteiger partial charge in [0.25, 0.3) is 0 Å². The molecule has 0 fully saturated rings. The molecule has 1 aromatic rings.